The number of aromatic nitrogens is 2. The number of amides is 1. The smallest absolute Gasteiger partial charge is 0.255 e. The Kier molecular flexibility index (Phi) is 7.59. The molecule has 2 heterocycles. The molecule has 1 amide bonds. The SMILES string of the molecule is CC(C)c1nn(-c2ccccc2)c(N(C)C)c1CN(C[C@@H]1CCCO1)C(=O)c1ccccc1Cl. The number of hydrogen-bond donors (Lipinski definition) is 0. The van der Waals surface area contributed by atoms with E-state index in [9.17, 15) is 4.79 Å². The maximum atomic E-state index is 13.7. The first kappa shape index (κ1) is 24.3. The number of nitrogens with zero attached hydrogens (tertiary/aromatic N) is 4. The molecule has 0 radical (unpaired) electrons. The van der Waals surface area contributed by atoms with Crippen molar-refractivity contribution in [1.82, 2.24) is 14.7 Å². The maximum Gasteiger partial charge on any atom is 0.255 e. The normalized spacial score (nSPS) is 15.6. The van der Waals surface area contributed by atoms with E-state index in [1.807, 2.05) is 66.1 Å². The van der Waals surface area contributed by atoms with E-state index in [1.54, 1.807) is 12.1 Å². The highest BCUT2D eigenvalue weighted by atomic mass is 35.5. The quantitative estimate of drug-likeness (QED) is 0.425. The zero-order chi connectivity index (χ0) is 24.2. The Labute approximate surface area is 207 Å². The summed E-state index contributed by atoms with van der Waals surface area (Å²) in [7, 11) is 4.04. The fourth-order valence-electron chi connectivity index (χ4n) is 4.53. The number of ether oxygens (including phenoxy) is 1. The maximum absolute atomic E-state index is 13.7. The van der Waals surface area contributed by atoms with Gasteiger partial charge in [-0.3, -0.25) is 4.79 Å². The highest BCUT2D eigenvalue weighted by molar-refractivity contribution is 6.33. The molecule has 1 aliphatic heterocycles. The van der Waals surface area contributed by atoms with Crippen LogP contribution in [0.1, 0.15) is 54.2 Å². The number of carbonyl (C=O) groups excluding carboxylic acids is 1. The number of hydrogen-bond acceptors (Lipinski definition) is 4. The average Bonchev–Trinajstić information content (AvgIpc) is 3.47. The van der Waals surface area contributed by atoms with Gasteiger partial charge in [0.05, 0.1) is 34.6 Å². The molecule has 1 aromatic heterocycles. The van der Waals surface area contributed by atoms with Crippen LogP contribution in [0.5, 0.6) is 0 Å². The molecule has 6 nitrogen and oxygen atoms in total. The number of anilines is 1. The van der Waals surface area contributed by atoms with E-state index in [-0.39, 0.29) is 17.9 Å². The van der Waals surface area contributed by atoms with Gasteiger partial charge in [0, 0.05) is 32.8 Å². The van der Waals surface area contributed by atoms with Crippen LogP contribution in [0.3, 0.4) is 0 Å². The number of halogens is 1. The summed E-state index contributed by atoms with van der Waals surface area (Å²) in [4.78, 5) is 17.7. The molecule has 1 aliphatic rings. The van der Waals surface area contributed by atoms with Crippen molar-refractivity contribution in [2.75, 3.05) is 32.1 Å². The monoisotopic (exact) mass is 480 g/mol. The van der Waals surface area contributed by atoms with Crippen molar-refractivity contribution in [1.29, 1.82) is 0 Å². The second kappa shape index (κ2) is 10.6. The first-order chi connectivity index (χ1) is 16.4. The topological polar surface area (TPSA) is 50.6 Å². The average molecular weight is 481 g/mol. The summed E-state index contributed by atoms with van der Waals surface area (Å²) in [6.07, 6.45) is 2.00. The molecule has 0 aliphatic carbocycles. The van der Waals surface area contributed by atoms with Gasteiger partial charge < -0.3 is 14.5 Å². The number of rotatable bonds is 8. The molecule has 34 heavy (non-hydrogen) atoms. The predicted molar refractivity (Wildman–Crippen MR) is 137 cm³/mol. The summed E-state index contributed by atoms with van der Waals surface area (Å²) < 4.78 is 7.89. The lowest BCUT2D eigenvalue weighted by atomic mass is 10.0. The highest BCUT2D eigenvalue weighted by Gasteiger charge is 2.29. The molecule has 0 spiro atoms. The molecule has 1 saturated heterocycles. The molecule has 1 atom stereocenters. The molecule has 180 valence electrons. The zero-order valence-corrected chi connectivity index (χ0v) is 21.1. The fourth-order valence-corrected chi connectivity index (χ4v) is 4.75. The van der Waals surface area contributed by atoms with Gasteiger partial charge in [0.2, 0.25) is 0 Å². The summed E-state index contributed by atoms with van der Waals surface area (Å²) >= 11 is 6.43. The second-order valence-corrected chi connectivity index (χ2v) is 9.69. The molecule has 7 heteroatoms. The van der Waals surface area contributed by atoms with Gasteiger partial charge in [0.15, 0.2) is 0 Å². The molecule has 1 fully saturated rings. The van der Waals surface area contributed by atoms with Gasteiger partial charge in [-0.2, -0.15) is 5.10 Å². The van der Waals surface area contributed by atoms with E-state index in [2.05, 4.69) is 18.7 Å². The van der Waals surface area contributed by atoms with Gasteiger partial charge in [0.1, 0.15) is 5.82 Å². The van der Waals surface area contributed by atoms with Gasteiger partial charge in [-0.05, 0) is 43.0 Å². The van der Waals surface area contributed by atoms with Crippen molar-refractivity contribution < 1.29 is 9.53 Å². The Hall–Kier alpha value is -2.83. The van der Waals surface area contributed by atoms with Crippen molar-refractivity contribution in [2.24, 2.45) is 0 Å². The third-order valence-electron chi connectivity index (χ3n) is 6.15. The van der Waals surface area contributed by atoms with E-state index in [1.165, 1.54) is 0 Å². The minimum Gasteiger partial charge on any atom is -0.376 e. The third kappa shape index (κ3) is 5.13. The van der Waals surface area contributed by atoms with E-state index in [0.29, 0.717) is 23.7 Å². The molecular weight excluding hydrogens is 448 g/mol. The summed E-state index contributed by atoms with van der Waals surface area (Å²) in [6.45, 7) is 5.97. The van der Waals surface area contributed by atoms with E-state index >= 15 is 0 Å². The Balaban J connectivity index is 1.79. The molecule has 3 aromatic rings. The van der Waals surface area contributed by atoms with Crippen LogP contribution in [-0.4, -0.2) is 53.9 Å². The van der Waals surface area contributed by atoms with Crippen LogP contribution >= 0.6 is 11.6 Å². The highest BCUT2D eigenvalue weighted by Crippen LogP contribution is 2.32. The van der Waals surface area contributed by atoms with Gasteiger partial charge >= 0.3 is 0 Å². The number of para-hydroxylation sites is 1. The van der Waals surface area contributed by atoms with Gasteiger partial charge in [-0.1, -0.05) is 55.8 Å². The minimum absolute atomic E-state index is 0.0286. The summed E-state index contributed by atoms with van der Waals surface area (Å²) in [5.74, 6) is 1.07. The number of benzene rings is 2. The van der Waals surface area contributed by atoms with Crippen molar-refractivity contribution in [3.63, 3.8) is 0 Å². The fraction of sp³-hybridized carbons (Fsp3) is 0.407. The van der Waals surface area contributed by atoms with Gasteiger partial charge in [-0.25, -0.2) is 4.68 Å². The predicted octanol–water partition coefficient (Wildman–Crippen LogP) is 5.54. The van der Waals surface area contributed by atoms with Gasteiger partial charge in [-0.15, -0.1) is 0 Å². The van der Waals surface area contributed by atoms with Crippen molar-refractivity contribution in [3.8, 4) is 5.69 Å². The van der Waals surface area contributed by atoms with Crippen molar-refractivity contribution in [3.05, 3.63) is 76.4 Å². The first-order valence-corrected chi connectivity index (χ1v) is 12.2. The second-order valence-electron chi connectivity index (χ2n) is 9.28. The van der Waals surface area contributed by atoms with Crippen molar-refractivity contribution >= 4 is 23.3 Å². The van der Waals surface area contributed by atoms with Crippen LogP contribution < -0.4 is 4.90 Å². The summed E-state index contributed by atoms with van der Waals surface area (Å²) in [6, 6.07) is 17.4. The lowest BCUT2D eigenvalue weighted by molar-refractivity contribution is 0.0507. The Morgan fingerprint density at radius 1 is 1.15 bits per heavy atom. The molecular formula is C27H33ClN4O2. The lowest BCUT2D eigenvalue weighted by Crippen LogP contribution is -2.37. The molecule has 0 unspecified atom stereocenters. The lowest BCUT2D eigenvalue weighted by Gasteiger charge is -2.28. The Morgan fingerprint density at radius 2 is 1.85 bits per heavy atom. The van der Waals surface area contributed by atoms with E-state index in [0.717, 1.165) is 42.2 Å². The van der Waals surface area contributed by atoms with Crippen LogP contribution in [0.25, 0.3) is 5.69 Å². The zero-order valence-electron chi connectivity index (χ0n) is 20.4. The Bertz CT molecular complexity index is 1120. The summed E-state index contributed by atoms with van der Waals surface area (Å²) in [5, 5.41) is 5.48. The van der Waals surface area contributed by atoms with Crippen LogP contribution in [0.2, 0.25) is 5.02 Å². The largest absolute Gasteiger partial charge is 0.376 e. The molecule has 0 saturated carbocycles. The van der Waals surface area contributed by atoms with E-state index in [4.69, 9.17) is 21.4 Å². The third-order valence-corrected chi connectivity index (χ3v) is 6.48. The molecule has 0 bridgehead atoms. The van der Waals surface area contributed by atoms with Crippen LogP contribution in [0.15, 0.2) is 54.6 Å². The number of carbonyl (C=O) groups is 1. The van der Waals surface area contributed by atoms with Crippen LogP contribution in [0, 0.1) is 0 Å². The first-order valence-electron chi connectivity index (χ1n) is 11.9. The van der Waals surface area contributed by atoms with Crippen LogP contribution in [0.4, 0.5) is 5.82 Å². The van der Waals surface area contributed by atoms with E-state index < -0.39 is 0 Å². The molecule has 2 aromatic carbocycles. The van der Waals surface area contributed by atoms with Crippen LogP contribution in [-0.2, 0) is 11.3 Å². The molecule has 0 N–H and O–H groups in total. The minimum atomic E-state index is -0.0898. The standard InChI is InChI=1S/C27H33ClN4O2/c1-19(2)25-23(26(30(3)4)32(29-25)20-11-6-5-7-12-20)18-31(17-21-13-10-16-34-21)27(33)22-14-8-9-15-24(22)28/h5-9,11-12,14-15,19,21H,10,13,16-18H2,1-4H3/t21-/m0/s1. The Morgan fingerprint density at radius 3 is 2.47 bits per heavy atom. The van der Waals surface area contributed by atoms with Crippen molar-refractivity contribution in [2.45, 2.75) is 45.3 Å². The molecule has 4 rings (SSSR count). The summed E-state index contributed by atoms with van der Waals surface area (Å²) in [5.41, 5.74) is 3.52. The van der Waals surface area contributed by atoms with Gasteiger partial charge in [0.25, 0.3) is 5.91 Å².